The Morgan fingerprint density at radius 1 is 1.10 bits per heavy atom. The van der Waals surface area contributed by atoms with Gasteiger partial charge in [0.25, 0.3) is 0 Å². The first kappa shape index (κ1) is 29.4. The van der Waals surface area contributed by atoms with E-state index in [0.29, 0.717) is 37.9 Å². The van der Waals surface area contributed by atoms with Gasteiger partial charge in [-0.25, -0.2) is 14.2 Å². The van der Waals surface area contributed by atoms with E-state index in [0.717, 1.165) is 42.3 Å². The van der Waals surface area contributed by atoms with Crippen molar-refractivity contribution in [2.45, 2.75) is 44.8 Å². The number of aromatic nitrogens is 1. The molecular formula is C29H38F4N6O2. The van der Waals surface area contributed by atoms with Crippen molar-refractivity contribution in [2.24, 2.45) is 5.41 Å². The average Bonchev–Trinajstić information content (AvgIpc) is 3.56. The zero-order chi connectivity index (χ0) is 29.4. The van der Waals surface area contributed by atoms with Crippen molar-refractivity contribution in [2.75, 3.05) is 75.1 Å². The van der Waals surface area contributed by atoms with Gasteiger partial charge in [-0.15, -0.1) is 0 Å². The summed E-state index contributed by atoms with van der Waals surface area (Å²) in [7, 11) is 4.15. The third-order valence-corrected chi connectivity index (χ3v) is 8.57. The predicted molar refractivity (Wildman–Crippen MR) is 151 cm³/mol. The molecule has 41 heavy (non-hydrogen) atoms. The van der Waals surface area contributed by atoms with Crippen LogP contribution in [0.25, 0.3) is 11.1 Å². The Morgan fingerprint density at radius 3 is 2.39 bits per heavy atom. The van der Waals surface area contributed by atoms with Crippen molar-refractivity contribution >= 4 is 23.4 Å². The van der Waals surface area contributed by atoms with Crippen molar-refractivity contribution in [3.8, 4) is 11.1 Å². The normalized spacial score (nSPS) is 20.4. The molecule has 1 saturated carbocycles. The van der Waals surface area contributed by atoms with Crippen LogP contribution in [0, 0.1) is 18.2 Å². The molecule has 5 rings (SSSR count). The van der Waals surface area contributed by atoms with Crippen molar-refractivity contribution in [1.82, 2.24) is 15.2 Å². The number of aryl methyl sites for hydroxylation is 1. The number of amides is 2. The van der Waals surface area contributed by atoms with Crippen molar-refractivity contribution < 1.29 is 27.1 Å². The Bertz CT molecular complexity index is 1260. The molecule has 1 aromatic carbocycles. The van der Waals surface area contributed by atoms with Crippen LogP contribution in [0.4, 0.5) is 39.7 Å². The van der Waals surface area contributed by atoms with E-state index < -0.39 is 23.4 Å². The maximum Gasteiger partial charge on any atom is 0.394 e. The molecule has 2 saturated heterocycles. The number of anilines is 3. The number of carbonyl (C=O) groups excluding carboxylic acids is 1. The minimum atomic E-state index is -4.28. The van der Waals surface area contributed by atoms with Gasteiger partial charge in [0.05, 0.1) is 24.3 Å². The maximum absolute atomic E-state index is 15.0. The number of ether oxygens (including phenoxy) is 1. The van der Waals surface area contributed by atoms with E-state index in [1.807, 2.05) is 12.1 Å². The van der Waals surface area contributed by atoms with Crippen LogP contribution in [0.1, 0.15) is 31.2 Å². The van der Waals surface area contributed by atoms with Crippen molar-refractivity contribution in [3.05, 3.63) is 35.6 Å². The number of hydrogen-bond acceptors (Lipinski definition) is 6. The summed E-state index contributed by atoms with van der Waals surface area (Å²) in [4.78, 5) is 24.2. The molecule has 3 aliphatic rings. The number of nitrogens with zero attached hydrogens (tertiary/aromatic N) is 4. The van der Waals surface area contributed by atoms with Crippen LogP contribution in [0.5, 0.6) is 0 Å². The minimum absolute atomic E-state index is 0.0415. The van der Waals surface area contributed by atoms with Gasteiger partial charge < -0.3 is 30.1 Å². The van der Waals surface area contributed by atoms with E-state index >= 15 is 0 Å². The first-order valence-corrected chi connectivity index (χ1v) is 14.1. The molecule has 1 atom stereocenters. The van der Waals surface area contributed by atoms with Gasteiger partial charge >= 0.3 is 12.2 Å². The Morgan fingerprint density at radius 2 is 1.78 bits per heavy atom. The van der Waals surface area contributed by atoms with E-state index in [4.69, 9.17) is 9.72 Å². The van der Waals surface area contributed by atoms with Crippen LogP contribution in [0.3, 0.4) is 0 Å². The second-order valence-electron chi connectivity index (χ2n) is 11.6. The van der Waals surface area contributed by atoms with Crippen LogP contribution < -0.4 is 20.4 Å². The Kier molecular flexibility index (Phi) is 8.34. The SMILES string of the molecule is Cc1cc(F)c(NC(=O)NCCC2(C(F)(F)F)CC2)cc1-c1cc(N2CCOCC2)nc(N2CC[C@H](N(C)C)C2)c1. The topological polar surface area (TPSA) is 73.0 Å². The molecule has 0 spiro atoms. The third-order valence-electron chi connectivity index (χ3n) is 8.57. The molecule has 2 N–H and O–H groups in total. The molecule has 0 bridgehead atoms. The first-order chi connectivity index (χ1) is 19.5. The fourth-order valence-electron chi connectivity index (χ4n) is 5.63. The van der Waals surface area contributed by atoms with Crippen molar-refractivity contribution in [1.29, 1.82) is 0 Å². The number of nitrogens with one attached hydrogen (secondary N) is 2. The van der Waals surface area contributed by atoms with E-state index in [1.54, 1.807) is 13.0 Å². The summed E-state index contributed by atoms with van der Waals surface area (Å²) in [5.41, 5.74) is 0.512. The quantitative estimate of drug-likeness (QED) is 0.429. The van der Waals surface area contributed by atoms with Gasteiger partial charge in [0.1, 0.15) is 17.5 Å². The molecular weight excluding hydrogens is 540 g/mol. The van der Waals surface area contributed by atoms with Crippen LogP contribution in [0.2, 0.25) is 0 Å². The van der Waals surface area contributed by atoms with E-state index in [-0.39, 0.29) is 31.5 Å². The molecule has 2 aliphatic heterocycles. The zero-order valence-corrected chi connectivity index (χ0v) is 23.8. The largest absolute Gasteiger partial charge is 0.394 e. The molecule has 2 amide bonds. The Labute approximate surface area is 238 Å². The summed E-state index contributed by atoms with van der Waals surface area (Å²) in [6.45, 7) is 6.01. The number of urea groups is 1. The summed E-state index contributed by atoms with van der Waals surface area (Å²) >= 11 is 0. The molecule has 8 nitrogen and oxygen atoms in total. The smallest absolute Gasteiger partial charge is 0.378 e. The number of morpholine rings is 1. The molecule has 12 heteroatoms. The molecule has 2 aromatic rings. The first-order valence-electron chi connectivity index (χ1n) is 14.1. The standard InChI is InChI=1S/C29H38F4N6O2/c1-19-14-23(30)24(35-27(40)34-8-7-28(5-6-28)29(31,32)33)17-22(19)20-15-25(38-10-12-41-13-11-38)36-26(16-20)39-9-4-21(18-39)37(2)3/h14-17,21H,4-13,18H2,1-3H3,(H2,34,35,40)/t21-/m0/s1. The monoisotopic (exact) mass is 578 g/mol. The van der Waals surface area contributed by atoms with Gasteiger partial charge in [0, 0.05) is 38.8 Å². The highest BCUT2D eigenvalue weighted by molar-refractivity contribution is 5.91. The summed E-state index contributed by atoms with van der Waals surface area (Å²) in [6.07, 6.45) is -3.31. The molecule has 3 fully saturated rings. The lowest BCUT2D eigenvalue weighted by atomic mass is 9.99. The number of pyridine rings is 1. The fourth-order valence-corrected chi connectivity index (χ4v) is 5.63. The predicted octanol–water partition coefficient (Wildman–Crippen LogP) is 5.03. The van der Waals surface area contributed by atoms with Crippen molar-refractivity contribution in [3.63, 3.8) is 0 Å². The number of carbonyl (C=O) groups is 1. The summed E-state index contributed by atoms with van der Waals surface area (Å²) in [5.74, 6) is 1.03. The number of halogens is 4. The molecule has 224 valence electrons. The molecule has 1 aromatic heterocycles. The fraction of sp³-hybridized carbons (Fsp3) is 0.586. The lowest BCUT2D eigenvalue weighted by molar-refractivity contribution is -0.188. The van der Waals surface area contributed by atoms with Gasteiger partial charge in [-0.3, -0.25) is 0 Å². The molecule has 0 unspecified atom stereocenters. The minimum Gasteiger partial charge on any atom is -0.378 e. The van der Waals surface area contributed by atoms with Gasteiger partial charge in [-0.05, 0) is 87.7 Å². The Balaban J connectivity index is 1.38. The zero-order valence-electron chi connectivity index (χ0n) is 23.8. The summed E-state index contributed by atoms with van der Waals surface area (Å²) < 4.78 is 60.1. The van der Waals surface area contributed by atoms with E-state index in [9.17, 15) is 22.4 Å². The number of hydrogen-bond donors (Lipinski definition) is 2. The second kappa shape index (κ2) is 11.6. The number of benzene rings is 1. The molecule has 1 aliphatic carbocycles. The highest BCUT2D eigenvalue weighted by Crippen LogP contribution is 2.59. The van der Waals surface area contributed by atoms with Gasteiger partial charge in [-0.2, -0.15) is 13.2 Å². The van der Waals surface area contributed by atoms with Gasteiger partial charge in [0.2, 0.25) is 0 Å². The third kappa shape index (κ3) is 6.53. The lowest BCUT2D eigenvalue weighted by Crippen LogP contribution is -2.37. The highest BCUT2D eigenvalue weighted by atomic mass is 19.4. The maximum atomic E-state index is 15.0. The van der Waals surface area contributed by atoms with Gasteiger partial charge in [0.15, 0.2) is 0 Å². The van der Waals surface area contributed by atoms with E-state index in [1.165, 1.54) is 6.07 Å². The molecule has 3 heterocycles. The summed E-state index contributed by atoms with van der Waals surface area (Å²) in [6, 6.07) is 6.59. The summed E-state index contributed by atoms with van der Waals surface area (Å²) in [5, 5.41) is 4.95. The second-order valence-corrected chi connectivity index (χ2v) is 11.6. The average molecular weight is 579 g/mol. The van der Waals surface area contributed by atoms with Crippen LogP contribution >= 0.6 is 0 Å². The lowest BCUT2D eigenvalue weighted by Gasteiger charge is -2.30. The molecule has 0 radical (unpaired) electrons. The number of rotatable bonds is 8. The van der Waals surface area contributed by atoms with E-state index in [2.05, 4.69) is 39.4 Å². The number of likely N-dealkylation sites (N-methyl/N-ethyl adjacent to an activating group) is 1. The highest BCUT2D eigenvalue weighted by Gasteiger charge is 2.62. The van der Waals surface area contributed by atoms with Gasteiger partial charge in [-0.1, -0.05) is 0 Å². The van der Waals surface area contributed by atoms with Crippen LogP contribution in [-0.4, -0.2) is 88.2 Å². The number of alkyl halides is 3. The van der Waals surface area contributed by atoms with Crippen LogP contribution in [0.15, 0.2) is 24.3 Å². The van der Waals surface area contributed by atoms with Crippen LogP contribution in [-0.2, 0) is 4.74 Å². The Hall–Kier alpha value is -3.12.